The summed E-state index contributed by atoms with van der Waals surface area (Å²) in [6.07, 6.45) is 0. The van der Waals surface area contributed by atoms with Crippen molar-refractivity contribution in [3.8, 4) is 5.75 Å². The molecule has 0 aromatic heterocycles. The molecular formula is C15H19F3N2O3. The maximum absolute atomic E-state index is 13.5. The lowest BCUT2D eigenvalue weighted by Crippen LogP contribution is -2.46. The first-order valence-electron chi connectivity index (χ1n) is 7.17. The molecule has 1 N–H and O–H groups in total. The molecule has 1 atom stereocenters. The topological polar surface area (TPSA) is 50.8 Å². The number of amides is 2. The van der Waals surface area contributed by atoms with Crippen LogP contribution in [0.15, 0.2) is 18.2 Å². The quantitative estimate of drug-likeness (QED) is 0.926. The molecule has 0 aliphatic carbocycles. The zero-order valence-corrected chi connectivity index (χ0v) is 12.9. The number of hydrogen-bond donors (Lipinski definition) is 1. The van der Waals surface area contributed by atoms with Crippen molar-refractivity contribution < 1.29 is 27.4 Å². The fraction of sp³-hybridized carbons (Fsp3) is 0.533. The molecule has 1 aliphatic rings. The highest BCUT2D eigenvalue weighted by molar-refractivity contribution is 5.75. The van der Waals surface area contributed by atoms with Gasteiger partial charge in [-0.25, -0.2) is 18.0 Å². The molecule has 0 bridgehead atoms. The van der Waals surface area contributed by atoms with Crippen LogP contribution in [-0.4, -0.2) is 50.3 Å². The van der Waals surface area contributed by atoms with Gasteiger partial charge >= 0.3 is 6.03 Å². The van der Waals surface area contributed by atoms with E-state index in [9.17, 15) is 18.0 Å². The molecular weight excluding hydrogens is 313 g/mol. The second-order valence-electron chi connectivity index (χ2n) is 5.39. The summed E-state index contributed by atoms with van der Waals surface area (Å²) in [5.41, 5.74) is 0.429. The Hall–Kier alpha value is -1.96. The highest BCUT2D eigenvalue weighted by atomic mass is 19.3. The smallest absolute Gasteiger partial charge is 0.318 e. The molecule has 1 saturated heterocycles. The molecule has 128 valence electrons. The third kappa shape index (κ3) is 4.51. The Labute approximate surface area is 132 Å². The number of nitrogens with zero attached hydrogens (tertiary/aromatic N) is 1. The van der Waals surface area contributed by atoms with Crippen LogP contribution in [-0.2, 0) is 4.74 Å². The molecule has 2 amide bonds. The molecule has 2 rings (SSSR count). The van der Waals surface area contributed by atoms with Gasteiger partial charge < -0.3 is 19.7 Å². The Morgan fingerprint density at radius 3 is 2.91 bits per heavy atom. The average molecular weight is 332 g/mol. The maximum Gasteiger partial charge on any atom is 0.318 e. The number of halogens is 3. The number of hydrogen-bond acceptors (Lipinski definition) is 3. The van der Waals surface area contributed by atoms with Crippen molar-refractivity contribution in [1.82, 2.24) is 10.2 Å². The summed E-state index contributed by atoms with van der Waals surface area (Å²) in [5, 5.41) is 2.58. The van der Waals surface area contributed by atoms with Gasteiger partial charge in [-0.05, 0) is 25.1 Å². The number of nitrogens with one attached hydrogen (secondary N) is 1. The molecule has 8 heteroatoms. The zero-order valence-electron chi connectivity index (χ0n) is 12.9. The number of methoxy groups -OCH3 is 1. The van der Waals surface area contributed by atoms with Crippen LogP contribution in [0.2, 0.25) is 0 Å². The number of carbonyl (C=O) groups excluding carboxylic acids is 1. The predicted molar refractivity (Wildman–Crippen MR) is 77.2 cm³/mol. The van der Waals surface area contributed by atoms with Crippen LogP contribution in [0.3, 0.4) is 0 Å². The van der Waals surface area contributed by atoms with Gasteiger partial charge in [0.15, 0.2) is 0 Å². The van der Waals surface area contributed by atoms with E-state index in [0.29, 0.717) is 11.3 Å². The Morgan fingerprint density at radius 2 is 2.22 bits per heavy atom. The van der Waals surface area contributed by atoms with E-state index < -0.39 is 37.0 Å². The van der Waals surface area contributed by atoms with Gasteiger partial charge in [-0.15, -0.1) is 0 Å². The molecule has 0 spiro atoms. The first-order chi connectivity index (χ1) is 10.8. The van der Waals surface area contributed by atoms with E-state index in [0.717, 1.165) is 4.90 Å². The first kappa shape index (κ1) is 17.4. The first-order valence-corrected chi connectivity index (χ1v) is 7.17. The molecule has 0 radical (unpaired) electrons. The Bertz CT molecular complexity index is 569. The Morgan fingerprint density at radius 1 is 1.48 bits per heavy atom. The van der Waals surface area contributed by atoms with Crippen molar-refractivity contribution in [2.24, 2.45) is 0 Å². The van der Waals surface area contributed by atoms with Crippen molar-refractivity contribution in [3.05, 3.63) is 29.6 Å². The summed E-state index contributed by atoms with van der Waals surface area (Å²) in [6.45, 7) is 0.312. The summed E-state index contributed by atoms with van der Waals surface area (Å²) in [7, 11) is 1.43. The summed E-state index contributed by atoms with van der Waals surface area (Å²) in [6, 6.07) is 2.66. The van der Waals surface area contributed by atoms with Crippen molar-refractivity contribution in [2.75, 3.05) is 33.4 Å². The monoisotopic (exact) mass is 332 g/mol. The van der Waals surface area contributed by atoms with E-state index in [1.54, 1.807) is 6.92 Å². The van der Waals surface area contributed by atoms with Crippen LogP contribution in [0.1, 0.15) is 18.5 Å². The van der Waals surface area contributed by atoms with Gasteiger partial charge in [0.05, 0.1) is 26.3 Å². The number of alkyl halides is 2. The minimum Gasteiger partial charge on any atom is -0.496 e. The molecule has 1 heterocycles. The SMILES string of the molecule is COc1ccc(F)cc1C(C)NC(=O)N1CCOCC(F)(F)C1. The van der Waals surface area contributed by atoms with E-state index in [-0.39, 0.29) is 13.2 Å². The highest BCUT2D eigenvalue weighted by Crippen LogP contribution is 2.26. The molecule has 5 nitrogen and oxygen atoms in total. The molecule has 1 aromatic carbocycles. The van der Waals surface area contributed by atoms with Crippen LogP contribution < -0.4 is 10.1 Å². The van der Waals surface area contributed by atoms with Gasteiger partial charge in [0.25, 0.3) is 5.92 Å². The van der Waals surface area contributed by atoms with Gasteiger partial charge in [-0.1, -0.05) is 0 Å². The van der Waals surface area contributed by atoms with Crippen molar-refractivity contribution >= 4 is 6.03 Å². The molecule has 1 aliphatic heterocycles. The van der Waals surface area contributed by atoms with E-state index in [2.05, 4.69) is 5.32 Å². The average Bonchev–Trinajstić information content (AvgIpc) is 2.67. The molecule has 1 unspecified atom stereocenters. The fourth-order valence-corrected chi connectivity index (χ4v) is 2.37. The van der Waals surface area contributed by atoms with Crippen LogP contribution >= 0.6 is 0 Å². The van der Waals surface area contributed by atoms with Crippen LogP contribution in [0, 0.1) is 5.82 Å². The Kier molecular flexibility index (Phi) is 5.35. The standard InChI is InChI=1S/C15H19F3N2O3/c1-10(12-7-11(16)3-4-13(12)22-2)19-14(21)20-5-6-23-9-15(17,18)8-20/h3-4,7,10H,5-6,8-9H2,1-2H3,(H,19,21). The summed E-state index contributed by atoms with van der Waals surface area (Å²) in [5.74, 6) is -3.16. The van der Waals surface area contributed by atoms with E-state index in [1.165, 1.54) is 25.3 Å². The van der Waals surface area contributed by atoms with E-state index in [1.807, 2.05) is 0 Å². The molecule has 0 saturated carbocycles. The molecule has 23 heavy (non-hydrogen) atoms. The lowest BCUT2D eigenvalue weighted by molar-refractivity contribution is -0.0652. The summed E-state index contributed by atoms with van der Waals surface area (Å²) < 4.78 is 50.3. The molecule has 1 fully saturated rings. The third-order valence-corrected chi connectivity index (χ3v) is 3.53. The van der Waals surface area contributed by atoms with Gasteiger partial charge in [-0.2, -0.15) is 0 Å². The fourth-order valence-electron chi connectivity index (χ4n) is 2.37. The largest absolute Gasteiger partial charge is 0.496 e. The lowest BCUT2D eigenvalue weighted by Gasteiger charge is -2.26. The van der Waals surface area contributed by atoms with Crippen molar-refractivity contribution in [3.63, 3.8) is 0 Å². The van der Waals surface area contributed by atoms with Crippen LogP contribution in [0.5, 0.6) is 5.75 Å². The highest BCUT2D eigenvalue weighted by Gasteiger charge is 2.36. The van der Waals surface area contributed by atoms with Gasteiger partial charge in [0.2, 0.25) is 0 Å². The normalized spacial score (nSPS) is 18.9. The second kappa shape index (κ2) is 7.08. The number of benzene rings is 1. The second-order valence-corrected chi connectivity index (χ2v) is 5.39. The number of rotatable bonds is 3. The number of urea groups is 1. The molecule has 1 aromatic rings. The van der Waals surface area contributed by atoms with Crippen LogP contribution in [0.25, 0.3) is 0 Å². The van der Waals surface area contributed by atoms with Gasteiger partial charge in [0.1, 0.15) is 18.2 Å². The minimum absolute atomic E-state index is 0.0423. The van der Waals surface area contributed by atoms with Crippen molar-refractivity contribution in [2.45, 2.75) is 18.9 Å². The number of carbonyl (C=O) groups is 1. The summed E-state index contributed by atoms with van der Waals surface area (Å²) in [4.78, 5) is 13.2. The predicted octanol–water partition coefficient (Wildman–Crippen LogP) is 2.57. The number of ether oxygens (including phenoxy) is 2. The minimum atomic E-state index is -3.09. The van der Waals surface area contributed by atoms with Crippen LogP contribution in [0.4, 0.5) is 18.0 Å². The maximum atomic E-state index is 13.5. The van der Waals surface area contributed by atoms with E-state index in [4.69, 9.17) is 9.47 Å². The third-order valence-electron chi connectivity index (χ3n) is 3.53. The summed E-state index contributed by atoms with van der Waals surface area (Å²) >= 11 is 0. The van der Waals surface area contributed by atoms with Gasteiger partial charge in [0, 0.05) is 12.1 Å². The zero-order chi connectivity index (χ0) is 17.0. The van der Waals surface area contributed by atoms with Crippen molar-refractivity contribution in [1.29, 1.82) is 0 Å². The van der Waals surface area contributed by atoms with E-state index >= 15 is 0 Å². The van der Waals surface area contributed by atoms with Gasteiger partial charge in [-0.3, -0.25) is 0 Å². The Balaban J connectivity index is 2.08. The lowest BCUT2D eigenvalue weighted by atomic mass is 10.1.